The summed E-state index contributed by atoms with van der Waals surface area (Å²) in [5.74, 6) is -0.859. The maximum Gasteiger partial charge on any atom is 0.306 e. The fourth-order valence-electron chi connectivity index (χ4n) is 9.12. The van der Waals surface area contributed by atoms with Crippen molar-refractivity contribution in [3.63, 3.8) is 0 Å². The molecule has 6 heteroatoms. The van der Waals surface area contributed by atoms with Gasteiger partial charge in [-0.1, -0.05) is 289 Å². The summed E-state index contributed by atoms with van der Waals surface area (Å²) >= 11 is 0. The van der Waals surface area contributed by atoms with Crippen molar-refractivity contribution in [2.24, 2.45) is 0 Å². The highest BCUT2D eigenvalue weighted by atomic mass is 16.6. The normalized spacial score (nSPS) is 12.1. The van der Waals surface area contributed by atoms with Gasteiger partial charge >= 0.3 is 17.9 Å². The molecule has 1 unspecified atom stereocenters. The second-order valence-electron chi connectivity index (χ2n) is 20.6. The molecule has 6 nitrogen and oxygen atoms in total. The molecule has 0 aromatic carbocycles. The van der Waals surface area contributed by atoms with Crippen LogP contribution < -0.4 is 0 Å². The number of ether oxygens (including phenoxy) is 3. The zero-order valence-electron chi connectivity index (χ0n) is 45.9. The number of carbonyl (C=O) groups is 3. The van der Waals surface area contributed by atoms with Gasteiger partial charge in [0.05, 0.1) is 0 Å². The second kappa shape index (κ2) is 57.5. The van der Waals surface area contributed by atoms with E-state index in [-0.39, 0.29) is 31.1 Å². The van der Waals surface area contributed by atoms with Gasteiger partial charge in [0.2, 0.25) is 0 Å². The minimum Gasteiger partial charge on any atom is -0.462 e. The molecular weight excluding hydrogens is 841 g/mol. The van der Waals surface area contributed by atoms with E-state index in [1.165, 1.54) is 225 Å². The summed E-state index contributed by atoms with van der Waals surface area (Å²) < 4.78 is 16.8. The first kappa shape index (κ1) is 65.9. The fourth-order valence-corrected chi connectivity index (χ4v) is 9.12. The lowest BCUT2D eigenvalue weighted by Crippen LogP contribution is -2.30. The average molecular weight is 958 g/mol. The highest BCUT2D eigenvalue weighted by molar-refractivity contribution is 5.71. The molecule has 0 aliphatic carbocycles. The predicted octanol–water partition coefficient (Wildman–Crippen LogP) is 20.3. The van der Waals surface area contributed by atoms with Gasteiger partial charge in [-0.25, -0.2) is 0 Å². The summed E-state index contributed by atoms with van der Waals surface area (Å²) in [5.41, 5.74) is 0. The molecule has 0 bridgehead atoms. The summed E-state index contributed by atoms with van der Waals surface area (Å²) in [5, 5.41) is 0. The first-order valence-corrected chi connectivity index (χ1v) is 30.3. The Morgan fingerprint density at radius 2 is 0.529 bits per heavy atom. The third-order valence-electron chi connectivity index (χ3n) is 13.7. The highest BCUT2D eigenvalue weighted by Crippen LogP contribution is 2.17. The number of esters is 3. The van der Waals surface area contributed by atoms with Gasteiger partial charge in [-0.2, -0.15) is 0 Å². The van der Waals surface area contributed by atoms with E-state index >= 15 is 0 Å². The van der Waals surface area contributed by atoms with Crippen molar-refractivity contribution >= 4 is 17.9 Å². The van der Waals surface area contributed by atoms with Crippen LogP contribution in [0.4, 0.5) is 0 Å². The summed E-state index contributed by atoms with van der Waals surface area (Å²) in [4.78, 5) is 37.8. The SMILES string of the molecule is CCCCCCC/C=C\C/C=C\CCCCCCCCCCCCCCCCCC(=O)OCC(COC(=O)CCCCCCC)OC(=O)CCCCCCCCCCCCCCCCCCCC. The topological polar surface area (TPSA) is 78.9 Å². The Morgan fingerprint density at radius 1 is 0.294 bits per heavy atom. The number of allylic oxidation sites excluding steroid dienone is 4. The molecule has 0 heterocycles. The number of unbranched alkanes of at least 4 members (excludes halogenated alkanes) is 41. The Hall–Kier alpha value is -2.11. The lowest BCUT2D eigenvalue weighted by Gasteiger charge is -2.18. The van der Waals surface area contributed by atoms with Crippen molar-refractivity contribution in [1.82, 2.24) is 0 Å². The Kier molecular flexibility index (Phi) is 55.7. The molecule has 0 saturated heterocycles. The van der Waals surface area contributed by atoms with Crippen molar-refractivity contribution < 1.29 is 28.6 Å². The van der Waals surface area contributed by atoms with Crippen LogP contribution in [0.15, 0.2) is 24.3 Å². The summed E-state index contributed by atoms with van der Waals surface area (Å²) in [6.45, 7) is 6.60. The van der Waals surface area contributed by atoms with E-state index in [2.05, 4.69) is 45.1 Å². The lowest BCUT2D eigenvalue weighted by atomic mass is 10.0. The molecule has 0 radical (unpaired) electrons. The third-order valence-corrected chi connectivity index (χ3v) is 13.7. The van der Waals surface area contributed by atoms with Crippen LogP contribution in [0.1, 0.15) is 335 Å². The quantitative estimate of drug-likeness (QED) is 0.0262. The molecule has 68 heavy (non-hydrogen) atoms. The third kappa shape index (κ3) is 54.8. The van der Waals surface area contributed by atoms with Gasteiger partial charge in [0.1, 0.15) is 13.2 Å². The molecule has 400 valence electrons. The smallest absolute Gasteiger partial charge is 0.306 e. The molecule has 0 aliphatic rings. The van der Waals surface area contributed by atoms with E-state index in [0.29, 0.717) is 19.3 Å². The number of hydrogen-bond acceptors (Lipinski definition) is 6. The van der Waals surface area contributed by atoms with E-state index in [1.807, 2.05) is 0 Å². The molecule has 0 N–H and O–H groups in total. The Morgan fingerprint density at radius 3 is 0.809 bits per heavy atom. The fraction of sp³-hybridized carbons (Fsp3) is 0.887. The first-order valence-electron chi connectivity index (χ1n) is 30.3. The minimum atomic E-state index is -0.763. The number of hydrogen-bond donors (Lipinski definition) is 0. The Labute approximate surface area is 423 Å². The lowest BCUT2D eigenvalue weighted by molar-refractivity contribution is -0.167. The summed E-state index contributed by atoms with van der Waals surface area (Å²) in [7, 11) is 0. The molecule has 0 aromatic heterocycles. The standard InChI is InChI=1S/C62H116O6/c1-4-7-10-13-15-17-19-21-23-25-27-28-29-30-31-32-33-34-35-37-38-40-42-44-46-49-52-55-61(64)67-58-59(57-66-60(63)54-51-48-12-9-6-3)68-62(65)56-53-50-47-45-43-41-39-36-26-24-22-20-18-16-14-11-8-5-2/h19,21,25,27,59H,4-18,20,22-24,26,28-58H2,1-3H3/b21-19-,27-25-. The van der Waals surface area contributed by atoms with Crippen molar-refractivity contribution in [2.75, 3.05) is 13.2 Å². The Bertz CT molecular complexity index is 1100. The molecule has 0 aromatic rings. The maximum atomic E-state index is 12.8. The van der Waals surface area contributed by atoms with Crippen LogP contribution in [-0.4, -0.2) is 37.2 Å². The van der Waals surface area contributed by atoms with E-state index in [4.69, 9.17) is 14.2 Å². The number of rotatable bonds is 56. The molecule has 0 amide bonds. The van der Waals surface area contributed by atoms with Gasteiger partial charge in [-0.15, -0.1) is 0 Å². The van der Waals surface area contributed by atoms with Crippen LogP contribution in [0.25, 0.3) is 0 Å². The van der Waals surface area contributed by atoms with Crippen LogP contribution >= 0.6 is 0 Å². The first-order chi connectivity index (χ1) is 33.5. The van der Waals surface area contributed by atoms with E-state index < -0.39 is 6.10 Å². The van der Waals surface area contributed by atoms with Gasteiger partial charge in [0.15, 0.2) is 6.10 Å². The van der Waals surface area contributed by atoms with Gasteiger partial charge in [-0.3, -0.25) is 14.4 Å². The highest BCUT2D eigenvalue weighted by Gasteiger charge is 2.19. The van der Waals surface area contributed by atoms with Gasteiger partial charge in [-0.05, 0) is 51.4 Å². The van der Waals surface area contributed by atoms with Gasteiger partial charge in [0, 0.05) is 19.3 Å². The zero-order chi connectivity index (χ0) is 49.3. The van der Waals surface area contributed by atoms with Crippen molar-refractivity contribution in [3.8, 4) is 0 Å². The van der Waals surface area contributed by atoms with Gasteiger partial charge in [0.25, 0.3) is 0 Å². The molecule has 0 spiro atoms. The van der Waals surface area contributed by atoms with Crippen LogP contribution in [0.3, 0.4) is 0 Å². The van der Waals surface area contributed by atoms with Crippen molar-refractivity contribution in [3.05, 3.63) is 24.3 Å². The number of carbonyl (C=O) groups excluding carboxylic acids is 3. The minimum absolute atomic E-state index is 0.0663. The molecule has 0 saturated carbocycles. The predicted molar refractivity (Wildman–Crippen MR) is 293 cm³/mol. The Balaban J connectivity index is 3.98. The molecular formula is C62H116O6. The average Bonchev–Trinajstić information content (AvgIpc) is 3.34. The summed E-state index contributed by atoms with van der Waals surface area (Å²) in [6.07, 6.45) is 68.0. The van der Waals surface area contributed by atoms with E-state index in [0.717, 1.165) is 70.6 Å². The van der Waals surface area contributed by atoms with Crippen LogP contribution in [0, 0.1) is 0 Å². The molecule has 0 fully saturated rings. The van der Waals surface area contributed by atoms with Crippen LogP contribution in [-0.2, 0) is 28.6 Å². The molecule has 0 rings (SSSR count). The molecule has 0 aliphatic heterocycles. The zero-order valence-corrected chi connectivity index (χ0v) is 45.9. The van der Waals surface area contributed by atoms with E-state index in [9.17, 15) is 14.4 Å². The molecule has 1 atom stereocenters. The maximum absolute atomic E-state index is 12.8. The second-order valence-corrected chi connectivity index (χ2v) is 20.6. The monoisotopic (exact) mass is 957 g/mol. The van der Waals surface area contributed by atoms with Crippen LogP contribution in [0.5, 0.6) is 0 Å². The largest absolute Gasteiger partial charge is 0.462 e. The van der Waals surface area contributed by atoms with Crippen molar-refractivity contribution in [2.45, 2.75) is 341 Å². The summed E-state index contributed by atoms with van der Waals surface area (Å²) in [6, 6.07) is 0. The van der Waals surface area contributed by atoms with E-state index in [1.54, 1.807) is 0 Å². The van der Waals surface area contributed by atoms with Crippen molar-refractivity contribution in [1.29, 1.82) is 0 Å². The van der Waals surface area contributed by atoms with Crippen LogP contribution in [0.2, 0.25) is 0 Å². The van der Waals surface area contributed by atoms with Gasteiger partial charge < -0.3 is 14.2 Å².